The molecule has 0 saturated heterocycles. The molecule has 17 heavy (non-hydrogen) atoms. The second kappa shape index (κ2) is 6.99. The monoisotopic (exact) mass is 302 g/mol. The first-order valence-corrected chi connectivity index (χ1v) is 6.44. The maximum absolute atomic E-state index is 9.80. The lowest BCUT2D eigenvalue weighted by atomic mass is 10.1. The van der Waals surface area contributed by atoms with E-state index in [1.165, 1.54) is 0 Å². The lowest BCUT2D eigenvalue weighted by Crippen LogP contribution is -2.20. The lowest BCUT2D eigenvalue weighted by molar-refractivity contribution is 0.00620. The summed E-state index contributed by atoms with van der Waals surface area (Å²) in [7, 11) is 1.63. The molecule has 1 rings (SSSR count). The smallest absolute Gasteiger partial charge is 0.133 e. The summed E-state index contributed by atoms with van der Waals surface area (Å²) >= 11 is 3.42. The zero-order valence-electron chi connectivity index (χ0n) is 10.4. The minimum atomic E-state index is -0.474. The molecule has 0 aliphatic carbocycles. The first-order valence-electron chi connectivity index (χ1n) is 5.65. The van der Waals surface area contributed by atoms with Crippen LogP contribution in [0.3, 0.4) is 0 Å². The standard InChI is InChI=1S/C13H19BrO3/c1-9(2)17-8-11(15)6-10-4-5-13(16-3)12(14)7-10/h4-5,7,9,11,15H,6,8H2,1-3H3. The molecular weight excluding hydrogens is 284 g/mol. The number of benzene rings is 1. The van der Waals surface area contributed by atoms with Crippen molar-refractivity contribution in [1.29, 1.82) is 0 Å². The van der Waals surface area contributed by atoms with Crippen LogP contribution in [0, 0.1) is 0 Å². The molecule has 0 spiro atoms. The van der Waals surface area contributed by atoms with E-state index in [1.807, 2.05) is 32.0 Å². The van der Waals surface area contributed by atoms with Crippen molar-refractivity contribution in [1.82, 2.24) is 0 Å². The van der Waals surface area contributed by atoms with Crippen molar-refractivity contribution in [3.05, 3.63) is 28.2 Å². The molecule has 0 aromatic heterocycles. The van der Waals surface area contributed by atoms with Gasteiger partial charge in [-0.1, -0.05) is 6.07 Å². The minimum absolute atomic E-state index is 0.146. The molecular formula is C13H19BrO3. The Morgan fingerprint density at radius 1 is 1.35 bits per heavy atom. The van der Waals surface area contributed by atoms with E-state index in [0.29, 0.717) is 13.0 Å². The highest BCUT2D eigenvalue weighted by Crippen LogP contribution is 2.25. The van der Waals surface area contributed by atoms with Gasteiger partial charge in [0, 0.05) is 6.42 Å². The van der Waals surface area contributed by atoms with Gasteiger partial charge in [0.25, 0.3) is 0 Å². The highest BCUT2D eigenvalue weighted by atomic mass is 79.9. The predicted molar refractivity (Wildman–Crippen MR) is 71.5 cm³/mol. The first kappa shape index (κ1) is 14.5. The van der Waals surface area contributed by atoms with Crippen LogP contribution in [0.25, 0.3) is 0 Å². The van der Waals surface area contributed by atoms with Gasteiger partial charge < -0.3 is 14.6 Å². The van der Waals surface area contributed by atoms with Crippen LogP contribution in [-0.4, -0.2) is 31.0 Å². The van der Waals surface area contributed by atoms with Crippen molar-refractivity contribution in [2.24, 2.45) is 0 Å². The van der Waals surface area contributed by atoms with Crippen LogP contribution in [0.4, 0.5) is 0 Å². The van der Waals surface area contributed by atoms with Gasteiger partial charge in [0.05, 0.1) is 30.4 Å². The third kappa shape index (κ3) is 5.06. The van der Waals surface area contributed by atoms with Crippen LogP contribution >= 0.6 is 15.9 Å². The molecule has 0 bridgehead atoms. The number of hydrogen-bond acceptors (Lipinski definition) is 3. The normalized spacial score (nSPS) is 12.8. The van der Waals surface area contributed by atoms with E-state index >= 15 is 0 Å². The number of aliphatic hydroxyl groups is 1. The number of halogens is 1. The Bertz CT molecular complexity index is 353. The summed E-state index contributed by atoms with van der Waals surface area (Å²) in [5.41, 5.74) is 1.05. The molecule has 0 aliphatic rings. The fraction of sp³-hybridized carbons (Fsp3) is 0.538. The highest BCUT2D eigenvalue weighted by molar-refractivity contribution is 9.10. The van der Waals surface area contributed by atoms with Crippen LogP contribution < -0.4 is 4.74 Å². The summed E-state index contributed by atoms with van der Waals surface area (Å²) in [5.74, 6) is 0.793. The van der Waals surface area contributed by atoms with Gasteiger partial charge >= 0.3 is 0 Å². The number of rotatable bonds is 6. The minimum Gasteiger partial charge on any atom is -0.496 e. The molecule has 0 saturated carbocycles. The molecule has 0 amide bonds. The Balaban J connectivity index is 2.53. The lowest BCUT2D eigenvalue weighted by Gasteiger charge is -2.14. The average molecular weight is 303 g/mol. The summed E-state index contributed by atoms with van der Waals surface area (Å²) in [6.45, 7) is 4.27. The molecule has 0 heterocycles. The zero-order valence-corrected chi connectivity index (χ0v) is 12.0. The van der Waals surface area contributed by atoms with Gasteiger partial charge in [0.2, 0.25) is 0 Å². The van der Waals surface area contributed by atoms with Gasteiger partial charge in [0.1, 0.15) is 5.75 Å². The van der Waals surface area contributed by atoms with Crippen LogP contribution in [0.15, 0.2) is 22.7 Å². The van der Waals surface area contributed by atoms with Gasteiger partial charge in [-0.15, -0.1) is 0 Å². The maximum Gasteiger partial charge on any atom is 0.133 e. The molecule has 4 heteroatoms. The Morgan fingerprint density at radius 3 is 2.59 bits per heavy atom. The zero-order chi connectivity index (χ0) is 12.8. The molecule has 0 fully saturated rings. The van der Waals surface area contributed by atoms with Crippen LogP contribution in [-0.2, 0) is 11.2 Å². The van der Waals surface area contributed by atoms with Crippen molar-refractivity contribution in [2.45, 2.75) is 32.5 Å². The number of ether oxygens (including phenoxy) is 2. The number of methoxy groups -OCH3 is 1. The Labute approximate surface area is 111 Å². The first-order chi connectivity index (χ1) is 8.02. The predicted octanol–water partition coefficient (Wildman–Crippen LogP) is 2.79. The van der Waals surface area contributed by atoms with Crippen LogP contribution in [0.2, 0.25) is 0 Å². The van der Waals surface area contributed by atoms with Gasteiger partial charge in [-0.05, 0) is 47.5 Å². The molecule has 1 atom stereocenters. The summed E-state index contributed by atoms with van der Waals surface area (Å²) < 4.78 is 11.4. The van der Waals surface area contributed by atoms with E-state index in [4.69, 9.17) is 9.47 Å². The average Bonchev–Trinajstić information content (AvgIpc) is 2.26. The maximum atomic E-state index is 9.80. The van der Waals surface area contributed by atoms with E-state index in [-0.39, 0.29) is 6.10 Å². The van der Waals surface area contributed by atoms with Crippen molar-refractivity contribution in [2.75, 3.05) is 13.7 Å². The van der Waals surface area contributed by atoms with Crippen molar-refractivity contribution in [3.63, 3.8) is 0 Å². The summed E-state index contributed by atoms with van der Waals surface area (Å²) in [5, 5.41) is 9.80. The van der Waals surface area contributed by atoms with E-state index in [1.54, 1.807) is 7.11 Å². The Hall–Kier alpha value is -0.580. The largest absolute Gasteiger partial charge is 0.496 e. The molecule has 0 aliphatic heterocycles. The van der Waals surface area contributed by atoms with Crippen LogP contribution in [0.1, 0.15) is 19.4 Å². The summed E-state index contributed by atoms with van der Waals surface area (Å²) in [6.07, 6.45) is 0.250. The second-order valence-electron chi connectivity index (χ2n) is 4.21. The quantitative estimate of drug-likeness (QED) is 0.878. The third-order valence-corrected chi connectivity index (χ3v) is 2.93. The topological polar surface area (TPSA) is 38.7 Å². The number of hydrogen-bond donors (Lipinski definition) is 1. The van der Waals surface area contributed by atoms with E-state index in [9.17, 15) is 5.11 Å². The Morgan fingerprint density at radius 2 is 2.06 bits per heavy atom. The van der Waals surface area contributed by atoms with Gasteiger partial charge in [-0.3, -0.25) is 0 Å². The van der Waals surface area contributed by atoms with Crippen LogP contribution in [0.5, 0.6) is 5.75 Å². The van der Waals surface area contributed by atoms with Crippen molar-refractivity contribution < 1.29 is 14.6 Å². The second-order valence-corrected chi connectivity index (χ2v) is 5.06. The SMILES string of the molecule is COc1ccc(CC(O)COC(C)C)cc1Br. The van der Waals surface area contributed by atoms with E-state index < -0.39 is 6.10 Å². The molecule has 1 N–H and O–H groups in total. The molecule has 0 radical (unpaired) electrons. The van der Waals surface area contributed by atoms with Gasteiger partial charge in [-0.2, -0.15) is 0 Å². The molecule has 1 aromatic rings. The summed E-state index contributed by atoms with van der Waals surface area (Å²) in [4.78, 5) is 0. The van der Waals surface area contributed by atoms with E-state index in [0.717, 1.165) is 15.8 Å². The van der Waals surface area contributed by atoms with E-state index in [2.05, 4.69) is 15.9 Å². The van der Waals surface area contributed by atoms with Crippen molar-refractivity contribution >= 4 is 15.9 Å². The van der Waals surface area contributed by atoms with Crippen molar-refractivity contribution in [3.8, 4) is 5.75 Å². The fourth-order valence-corrected chi connectivity index (χ4v) is 2.06. The van der Waals surface area contributed by atoms with Gasteiger partial charge in [-0.25, -0.2) is 0 Å². The molecule has 1 unspecified atom stereocenters. The summed E-state index contributed by atoms with van der Waals surface area (Å²) in [6, 6.07) is 5.79. The molecule has 1 aromatic carbocycles. The highest BCUT2D eigenvalue weighted by Gasteiger charge is 2.09. The third-order valence-electron chi connectivity index (χ3n) is 2.31. The molecule has 96 valence electrons. The Kier molecular flexibility index (Phi) is 5.95. The fourth-order valence-electron chi connectivity index (χ4n) is 1.47. The van der Waals surface area contributed by atoms with Gasteiger partial charge in [0.15, 0.2) is 0 Å². The number of aliphatic hydroxyl groups excluding tert-OH is 1. The molecule has 3 nitrogen and oxygen atoms in total.